The summed E-state index contributed by atoms with van der Waals surface area (Å²) in [6, 6.07) is 11.2. The fraction of sp³-hybridized carbons (Fsp3) is 0.400. The van der Waals surface area contributed by atoms with Gasteiger partial charge in [0.25, 0.3) is 0 Å². The molecule has 2 aromatic carbocycles. The van der Waals surface area contributed by atoms with Crippen LogP contribution in [0, 0.1) is 0 Å². The molecule has 148 valence electrons. The lowest BCUT2D eigenvalue weighted by atomic mass is 10.1. The minimum absolute atomic E-state index is 0.162. The highest BCUT2D eigenvalue weighted by Gasteiger charge is 2.12. The maximum Gasteiger partial charge on any atom is 0.166 e. The number of hydrogen-bond acceptors (Lipinski definition) is 5. The molecule has 0 aliphatic carbocycles. The number of hydrogen-bond donors (Lipinski definition) is 3. The van der Waals surface area contributed by atoms with Crippen molar-refractivity contribution in [2.24, 2.45) is 0 Å². The van der Waals surface area contributed by atoms with E-state index in [9.17, 15) is 0 Å². The molecule has 3 N–H and O–H groups in total. The zero-order chi connectivity index (χ0) is 19.5. The summed E-state index contributed by atoms with van der Waals surface area (Å²) in [6.07, 6.45) is 0.973. The lowest BCUT2D eigenvalue weighted by Gasteiger charge is -2.16. The Balaban J connectivity index is 1.95. The van der Waals surface area contributed by atoms with Crippen molar-refractivity contribution in [3.8, 4) is 11.5 Å². The van der Waals surface area contributed by atoms with Crippen LogP contribution in [-0.2, 0) is 13.2 Å². The molecule has 0 fully saturated rings. The number of ether oxygens (including phenoxy) is 2. The quantitative estimate of drug-likeness (QED) is 0.464. The van der Waals surface area contributed by atoms with Crippen LogP contribution < -0.4 is 20.1 Å². The Bertz CT molecular complexity index is 714. The Morgan fingerprint density at radius 1 is 1.00 bits per heavy atom. The summed E-state index contributed by atoms with van der Waals surface area (Å²) < 4.78 is 11.5. The molecule has 0 unspecified atom stereocenters. The van der Waals surface area contributed by atoms with Crippen LogP contribution in [0.1, 0.15) is 17.5 Å². The van der Waals surface area contributed by atoms with Crippen molar-refractivity contribution in [2.75, 3.05) is 33.4 Å². The Labute approximate surface area is 170 Å². The molecule has 0 aromatic heterocycles. The predicted octanol–water partition coefficient (Wildman–Crippen LogP) is 3.64. The van der Waals surface area contributed by atoms with Crippen LogP contribution >= 0.6 is 23.2 Å². The maximum atomic E-state index is 8.74. The molecule has 27 heavy (non-hydrogen) atoms. The molecule has 0 saturated carbocycles. The zero-order valence-electron chi connectivity index (χ0n) is 15.4. The van der Waals surface area contributed by atoms with Crippen LogP contribution in [0.5, 0.6) is 11.5 Å². The van der Waals surface area contributed by atoms with Gasteiger partial charge in [0.05, 0.1) is 13.7 Å². The van der Waals surface area contributed by atoms with E-state index in [1.165, 1.54) is 0 Å². The van der Waals surface area contributed by atoms with Gasteiger partial charge in [-0.05, 0) is 37.7 Å². The Kier molecular flexibility index (Phi) is 9.73. The van der Waals surface area contributed by atoms with E-state index in [4.69, 9.17) is 37.8 Å². The van der Waals surface area contributed by atoms with E-state index in [0.29, 0.717) is 41.2 Å². The molecule has 0 heterocycles. The van der Waals surface area contributed by atoms with E-state index >= 15 is 0 Å². The maximum absolute atomic E-state index is 8.74. The van der Waals surface area contributed by atoms with Crippen molar-refractivity contribution in [3.63, 3.8) is 0 Å². The Morgan fingerprint density at radius 2 is 1.81 bits per heavy atom. The van der Waals surface area contributed by atoms with Crippen LogP contribution in [0.2, 0.25) is 10.0 Å². The largest absolute Gasteiger partial charge is 0.493 e. The van der Waals surface area contributed by atoms with Crippen LogP contribution in [0.3, 0.4) is 0 Å². The SMILES string of the molecule is COc1cccc(CNCCCNCCO)c1OCc1ccc(Cl)cc1Cl. The van der Waals surface area contributed by atoms with Gasteiger partial charge in [0.2, 0.25) is 0 Å². The van der Waals surface area contributed by atoms with Crippen molar-refractivity contribution in [3.05, 3.63) is 57.6 Å². The molecule has 0 aliphatic rings. The van der Waals surface area contributed by atoms with Crippen LogP contribution in [0.25, 0.3) is 0 Å². The number of benzene rings is 2. The second kappa shape index (κ2) is 12.1. The Hall–Kier alpha value is -1.50. The first-order chi connectivity index (χ1) is 13.2. The summed E-state index contributed by atoms with van der Waals surface area (Å²) in [5.74, 6) is 1.39. The second-order valence-corrected chi connectivity index (χ2v) is 6.82. The monoisotopic (exact) mass is 412 g/mol. The topological polar surface area (TPSA) is 62.8 Å². The number of rotatable bonds is 12. The molecular weight excluding hydrogens is 387 g/mol. The van der Waals surface area contributed by atoms with Gasteiger partial charge < -0.3 is 25.2 Å². The second-order valence-electron chi connectivity index (χ2n) is 5.98. The van der Waals surface area contributed by atoms with E-state index in [1.807, 2.05) is 24.3 Å². The van der Waals surface area contributed by atoms with Gasteiger partial charge >= 0.3 is 0 Å². The molecule has 0 radical (unpaired) electrons. The first-order valence-electron chi connectivity index (χ1n) is 8.90. The average Bonchev–Trinajstić information content (AvgIpc) is 2.67. The molecule has 0 amide bonds. The highest BCUT2D eigenvalue weighted by molar-refractivity contribution is 6.35. The fourth-order valence-electron chi connectivity index (χ4n) is 2.58. The number of nitrogens with one attached hydrogen (secondary N) is 2. The van der Waals surface area contributed by atoms with E-state index in [2.05, 4.69) is 10.6 Å². The lowest BCUT2D eigenvalue weighted by molar-refractivity contribution is 0.280. The average molecular weight is 413 g/mol. The summed E-state index contributed by atoms with van der Waals surface area (Å²) in [4.78, 5) is 0. The minimum Gasteiger partial charge on any atom is -0.493 e. The van der Waals surface area contributed by atoms with Crippen LogP contribution in [-0.4, -0.2) is 38.5 Å². The molecule has 0 saturated heterocycles. The summed E-state index contributed by atoms with van der Waals surface area (Å²) in [5, 5.41) is 16.5. The lowest BCUT2D eigenvalue weighted by Crippen LogP contribution is -2.24. The van der Waals surface area contributed by atoms with Crippen LogP contribution in [0.15, 0.2) is 36.4 Å². The summed E-state index contributed by atoms with van der Waals surface area (Å²) in [7, 11) is 1.63. The van der Waals surface area contributed by atoms with E-state index in [1.54, 1.807) is 19.2 Å². The van der Waals surface area contributed by atoms with Gasteiger partial charge in [0.15, 0.2) is 11.5 Å². The van der Waals surface area contributed by atoms with Gasteiger partial charge in [0, 0.05) is 34.3 Å². The van der Waals surface area contributed by atoms with Crippen LogP contribution in [0.4, 0.5) is 0 Å². The molecule has 5 nitrogen and oxygen atoms in total. The van der Waals surface area contributed by atoms with Gasteiger partial charge in [0.1, 0.15) is 6.61 Å². The first-order valence-corrected chi connectivity index (χ1v) is 9.66. The van der Waals surface area contributed by atoms with Gasteiger partial charge in [-0.15, -0.1) is 0 Å². The number of halogens is 2. The molecular formula is C20H26Cl2N2O3. The minimum atomic E-state index is 0.162. The predicted molar refractivity (Wildman–Crippen MR) is 110 cm³/mol. The highest BCUT2D eigenvalue weighted by Crippen LogP contribution is 2.32. The van der Waals surface area contributed by atoms with E-state index in [-0.39, 0.29) is 6.61 Å². The summed E-state index contributed by atoms with van der Waals surface area (Å²) in [6.45, 7) is 3.51. The van der Waals surface area contributed by atoms with Gasteiger partial charge in [-0.25, -0.2) is 0 Å². The van der Waals surface area contributed by atoms with Crippen molar-refractivity contribution >= 4 is 23.2 Å². The number of aliphatic hydroxyl groups excluding tert-OH is 1. The molecule has 7 heteroatoms. The molecule has 0 bridgehead atoms. The third-order valence-electron chi connectivity index (χ3n) is 3.98. The molecule has 2 aromatic rings. The number of aliphatic hydroxyl groups is 1. The van der Waals surface area contributed by atoms with Crippen molar-refractivity contribution in [1.29, 1.82) is 0 Å². The van der Waals surface area contributed by atoms with Crippen molar-refractivity contribution in [1.82, 2.24) is 10.6 Å². The van der Waals surface area contributed by atoms with Gasteiger partial charge in [-0.3, -0.25) is 0 Å². The zero-order valence-corrected chi connectivity index (χ0v) is 16.9. The molecule has 0 spiro atoms. The van der Waals surface area contributed by atoms with E-state index in [0.717, 1.165) is 30.6 Å². The molecule has 0 aliphatic heterocycles. The number of methoxy groups -OCH3 is 1. The normalized spacial score (nSPS) is 10.8. The summed E-state index contributed by atoms with van der Waals surface area (Å²) in [5.41, 5.74) is 1.88. The molecule has 2 rings (SSSR count). The fourth-order valence-corrected chi connectivity index (χ4v) is 3.04. The van der Waals surface area contributed by atoms with Crippen molar-refractivity contribution in [2.45, 2.75) is 19.6 Å². The Morgan fingerprint density at radius 3 is 2.56 bits per heavy atom. The smallest absolute Gasteiger partial charge is 0.166 e. The molecule has 0 atom stereocenters. The highest BCUT2D eigenvalue weighted by atomic mass is 35.5. The van der Waals surface area contributed by atoms with E-state index < -0.39 is 0 Å². The third-order valence-corrected chi connectivity index (χ3v) is 4.57. The first kappa shape index (κ1) is 21.8. The van der Waals surface area contributed by atoms with Gasteiger partial charge in [-0.1, -0.05) is 41.4 Å². The van der Waals surface area contributed by atoms with Gasteiger partial charge in [-0.2, -0.15) is 0 Å². The summed E-state index contributed by atoms with van der Waals surface area (Å²) >= 11 is 12.2. The van der Waals surface area contributed by atoms with Crippen molar-refractivity contribution < 1.29 is 14.6 Å². The third kappa shape index (κ3) is 7.20. The number of para-hydroxylation sites is 1. The standard InChI is InChI=1S/C20H26Cl2N2O3/c1-26-19-5-2-4-15(13-24-9-3-8-23-10-11-25)20(19)27-14-16-6-7-17(21)12-18(16)22/h2,4-7,12,23-25H,3,8-11,13-14H2,1H3.